The first-order valence-corrected chi connectivity index (χ1v) is 8.59. The molecule has 0 atom stereocenters. The lowest BCUT2D eigenvalue weighted by Gasteiger charge is -2.27. The number of aliphatic hydroxyl groups excluding tert-OH is 4. The second-order valence-electron chi connectivity index (χ2n) is 5.28. The van der Waals surface area contributed by atoms with Crippen molar-refractivity contribution in [3.05, 3.63) is 0 Å². The van der Waals surface area contributed by atoms with E-state index in [0.717, 1.165) is 0 Å². The van der Waals surface area contributed by atoms with Gasteiger partial charge in [-0.3, -0.25) is 0 Å². The van der Waals surface area contributed by atoms with Gasteiger partial charge in [0.15, 0.2) is 0 Å². The zero-order valence-corrected chi connectivity index (χ0v) is 15.0. The fourth-order valence-electron chi connectivity index (χ4n) is 2.38. The minimum Gasteiger partial charge on any atom is -0.395 e. The highest BCUT2D eigenvalue weighted by molar-refractivity contribution is 5.46. The molecule has 144 valence electrons. The maximum atomic E-state index is 9.26. The van der Waals surface area contributed by atoms with Crippen LogP contribution in [0.2, 0.25) is 0 Å². The maximum Gasteiger partial charge on any atom is 0.232 e. The van der Waals surface area contributed by atoms with Crippen LogP contribution in [0.4, 0.5) is 17.8 Å². The molecule has 0 aliphatic carbocycles. The van der Waals surface area contributed by atoms with E-state index >= 15 is 0 Å². The van der Waals surface area contributed by atoms with Crippen molar-refractivity contribution in [1.82, 2.24) is 15.0 Å². The average molecular weight is 358 g/mol. The summed E-state index contributed by atoms with van der Waals surface area (Å²) in [4.78, 5) is 18.7. The lowest BCUT2D eigenvalue weighted by Crippen LogP contribution is -2.36. The summed E-state index contributed by atoms with van der Waals surface area (Å²) in [6, 6.07) is 0. The first kappa shape index (κ1) is 21.3. The maximum absolute atomic E-state index is 9.26. The third-order valence-corrected chi connectivity index (χ3v) is 3.69. The summed E-state index contributed by atoms with van der Waals surface area (Å²) in [7, 11) is 0. The Kier molecular flexibility index (Phi) is 10.0. The summed E-state index contributed by atoms with van der Waals surface area (Å²) in [6.07, 6.45) is 0. The monoisotopic (exact) mass is 358 g/mol. The van der Waals surface area contributed by atoms with Gasteiger partial charge < -0.3 is 35.1 Å². The summed E-state index contributed by atoms with van der Waals surface area (Å²) in [5.74, 6) is 1.17. The van der Waals surface area contributed by atoms with Crippen LogP contribution in [0, 0.1) is 0 Å². The van der Waals surface area contributed by atoms with Gasteiger partial charge in [0.05, 0.1) is 26.4 Å². The third-order valence-electron chi connectivity index (χ3n) is 3.69. The lowest BCUT2D eigenvalue weighted by molar-refractivity contribution is 0.279. The largest absolute Gasteiger partial charge is 0.395 e. The van der Waals surface area contributed by atoms with E-state index in [1.807, 2.05) is 18.7 Å². The van der Waals surface area contributed by atoms with Crippen LogP contribution in [0.25, 0.3) is 0 Å². The molecule has 4 N–H and O–H groups in total. The van der Waals surface area contributed by atoms with Crippen molar-refractivity contribution in [3.8, 4) is 0 Å². The summed E-state index contributed by atoms with van der Waals surface area (Å²) in [5, 5.41) is 37.0. The summed E-state index contributed by atoms with van der Waals surface area (Å²) in [5.41, 5.74) is 0. The quantitative estimate of drug-likeness (QED) is 0.324. The van der Waals surface area contributed by atoms with Crippen LogP contribution in [0.15, 0.2) is 0 Å². The predicted octanol–water partition coefficient (Wildman–Crippen LogP) is -1.70. The number of aromatic nitrogens is 3. The highest BCUT2D eigenvalue weighted by Gasteiger charge is 2.19. The van der Waals surface area contributed by atoms with Crippen molar-refractivity contribution in [2.45, 2.75) is 13.8 Å². The van der Waals surface area contributed by atoms with Crippen molar-refractivity contribution in [2.75, 3.05) is 80.4 Å². The second kappa shape index (κ2) is 11.7. The highest BCUT2D eigenvalue weighted by Crippen LogP contribution is 2.19. The molecule has 0 amide bonds. The second-order valence-corrected chi connectivity index (χ2v) is 5.28. The Morgan fingerprint density at radius 3 is 1.08 bits per heavy atom. The number of aliphatic hydroxyl groups is 4. The number of hydrogen-bond donors (Lipinski definition) is 4. The molecule has 0 unspecified atom stereocenters. The number of nitrogens with zero attached hydrogens (tertiary/aromatic N) is 6. The van der Waals surface area contributed by atoms with Crippen LogP contribution in [-0.2, 0) is 0 Å². The molecule has 0 aliphatic heterocycles. The molecule has 10 nitrogen and oxygen atoms in total. The third kappa shape index (κ3) is 6.24. The molecule has 0 aromatic carbocycles. The molecule has 1 aromatic rings. The molecule has 0 aliphatic rings. The topological polar surface area (TPSA) is 129 Å². The zero-order valence-electron chi connectivity index (χ0n) is 15.0. The van der Waals surface area contributed by atoms with E-state index < -0.39 is 0 Å². The van der Waals surface area contributed by atoms with E-state index in [9.17, 15) is 20.4 Å². The first-order valence-electron chi connectivity index (χ1n) is 8.59. The highest BCUT2D eigenvalue weighted by atomic mass is 16.3. The Morgan fingerprint density at radius 1 is 0.560 bits per heavy atom. The first-order chi connectivity index (χ1) is 12.1. The van der Waals surface area contributed by atoms with Crippen LogP contribution in [0.1, 0.15) is 13.8 Å². The zero-order chi connectivity index (χ0) is 18.7. The molecule has 1 rings (SSSR count). The summed E-state index contributed by atoms with van der Waals surface area (Å²) in [6.45, 7) is 6.12. The fraction of sp³-hybridized carbons (Fsp3) is 0.800. The molecule has 0 saturated carbocycles. The van der Waals surface area contributed by atoms with Gasteiger partial charge in [0.25, 0.3) is 0 Å². The minimum absolute atomic E-state index is 0.0986. The van der Waals surface area contributed by atoms with Gasteiger partial charge in [-0.2, -0.15) is 15.0 Å². The molecule has 0 spiro atoms. The summed E-state index contributed by atoms with van der Waals surface area (Å²) >= 11 is 0. The van der Waals surface area contributed by atoms with E-state index in [1.165, 1.54) is 0 Å². The standard InChI is InChI=1S/C15H30N6O4/c1-3-19(4-2)13-16-14(20(5-9-22)6-10-23)18-15(17-13)21(7-11-24)8-12-25/h22-25H,3-12H2,1-2H3. The Balaban J connectivity index is 3.33. The SMILES string of the molecule is CCN(CC)c1nc(N(CCO)CCO)nc(N(CCO)CCO)n1. The lowest BCUT2D eigenvalue weighted by atomic mass is 10.4. The summed E-state index contributed by atoms with van der Waals surface area (Å²) < 4.78 is 0. The van der Waals surface area contributed by atoms with Gasteiger partial charge in [0.2, 0.25) is 17.8 Å². The molecule has 10 heteroatoms. The van der Waals surface area contributed by atoms with Gasteiger partial charge in [-0.05, 0) is 13.8 Å². The van der Waals surface area contributed by atoms with Gasteiger partial charge >= 0.3 is 0 Å². The number of hydrogen-bond acceptors (Lipinski definition) is 10. The number of anilines is 3. The van der Waals surface area contributed by atoms with Gasteiger partial charge in [0.1, 0.15) is 0 Å². The van der Waals surface area contributed by atoms with E-state index in [-0.39, 0.29) is 52.6 Å². The van der Waals surface area contributed by atoms with Crippen LogP contribution < -0.4 is 14.7 Å². The molecular formula is C15H30N6O4. The van der Waals surface area contributed by atoms with Crippen molar-refractivity contribution in [1.29, 1.82) is 0 Å². The van der Waals surface area contributed by atoms with Gasteiger partial charge in [-0.15, -0.1) is 0 Å². The Bertz CT molecular complexity index is 443. The van der Waals surface area contributed by atoms with Crippen LogP contribution >= 0.6 is 0 Å². The van der Waals surface area contributed by atoms with E-state index in [4.69, 9.17) is 0 Å². The van der Waals surface area contributed by atoms with E-state index in [2.05, 4.69) is 15.0 Å². The normalized spacial score (nSPS) is 10.8. The van der Waals surface area contributed by atoms with E-state index in [0.29, 0.717) is 30.9 Å². The smallest absolute Gasteiger partial charge is 0.232 e. The van der Waals surface area contributed by atoms with Crippen molar-refractivity contribution in [2.24, 2.45) is 0 Å². The van der Waals surface area contributed by atoms with Gasteiger partial charge in [-0.1, -0.05) is 0 Å². The molecule has 1 aromatic heterocycles. The average Bonchev–Trinajstić information content (AvgIpc) is 2.62. The van der Waals surface area contributed by atoms with Crippen LogP contribution in [-0.4, -0.2) is 101 Å². The molecule has 25 heavy (non-hydrogen) atoms. The molecule has 0 saturated heterocycles. The van der Waals surface area contributed by atoms with Crippen LogP contribution in [0.3, 0.4) is 0 Å². The molecule has 0 radical (unpaired) electrons. The molecule has 0 fully saturated rings. The molecule has 0 bridgehead atoms. The molecule has 1 heterocycles. The fourth-order valence-corrected chi connectivity index (χ4v) is 2.38. The van der Waals surface area contributed by atoms with Crippen LogP contribution in [0.5, 0.6) is 0 Å². The Morgan fingerprint density at radius 2 is 0.840 bits per heavy atom. The minimum atomic E-state index is -0.0986. The van der Waals surface area contributed by atoms with Crippen molar-refractivity contribution < 1.29 is 20.4 Å². The van der Waals surface area contributed by atoms with Crippen molar-refractivity contribution in [3.63, 3.8) is 0 Å². The van der Waals surface area contributed by atoms with Gasteiger partial charge in [-0.25, -0.2) is 0 Å². The number of rotatable bonds is 13. The van der Waals surface area contributed by atoms with Crippen molar-refractivity contribution >= 4 is 17.8 Å². The Labute approximate surface area is 148 Å². The predicted molar refractivity (Wildman–Crippen MR) is 96.2 cm³/mol. The Hall–Kier alpha value is -1.75. The molecular weight excluding hydrogens is 328 g/mol. The van der Waals surface area contributed by atoms with Gasteiger partial charge in [0, 0.05) is 39.3 Å². The van der Waals surface area contributed by atoms with E-state index in [1.54, 1.807) is 9.80 Å².